The largest absolute Gasteiger partial charge is 0.617 e. The van der Waals surface area contributed by atoms with Crippen molar-refractivity contribution in [1.29, 1.82) is 0 Å². The van der Waals surface area contributed by atoms with E-state index in [4.69, 9.17) is 0 Å². The zero-order chi connectivity index (χ0) is 13.1. The van der Waals surface area contributed by atoms with Crippen LogP contribution in [0.3, 0.4) is 0 Å². The van der Waals surface area contributed by atoms with E-state index >= 15 is 0 Å². The molecule has 0 saturated carbocycles. The van der Waals surface area contributed by atoms with Crippen molar-refractivity contribution >= 4 is 37.4 Å². The van der Waals surface area contributed by atoms with Crippen LogP contribution in [0.5, 0.6) is 0 Å². The summed E-state index contributed by atoms with van der Waals surface area (Å²) in [5.41, 5.74) is 2.33. The van der Waals surface area contributed by atoms with Crippen LogP contribution in [0.1, 0.15) is 27.2 Å². The van der Waals surface area contributed by atoms with E-state index in [2.05, 4.69) is 27.2 Å². The normalized spacial score (nSPS) is 15.4. The van der Waals surface area contributed by atoms with E-state index in [1.165, 1.54) is 11.8 Å². The van der Waals surface area contributed by atoms with Crippen LogP contribution in [0.4, 0.5) is 0 Å². The standard InChI is InChI=1S/C13H18INO2/c1-4-7-14-10-13(3)9-12(2)6-5-8-15(17)11-16/h4,6-11H,5H2,1-3H3/b7-4+,12-6+,13-9+,15-8-. The highest BCUT2D eigenvalue weighted by Gasteiger charge is 1.88. The third-order valence-electron chi connectivity index (χ3n) is 1.72. The second-order valence-electron chi connectivity index (χ2n) is 3.41. The summed E-state index contributed by atoms with van der Waals surface area (Å²) >= 11 is 0.0122. The molecule has 3 nitrogen and oxygen atoms in total. The summed E-state index contributed by atoms with van der Waals surface area (Å²) in [7, 11) is 0. The van der Waals surface area contributed by atoms with Crippen LogP contribution in [-0.4, -0.2) is 21.4 Å². The summed E-state index contributed by atoms with van der Waals surface area (Å²) in [5.74, 6) is 0. The Morgan fingerprint density at radius 2 is 2.06 bits per heavy atom. The number of halogens is 1. The lowest BCUT2D eigenvalue weighted by atomic mass is 10.2. The summed E-state index contributed by atoms with van der Waals surface area (Å²) in [6.07, 6.45) is 8.08. The molecule has 0 atom stereocenters. The average Bonchev–Trinajstić information content (AvgIpc) is 2.29. The van der Waals surface area contributed by atoms with Crippen LogP contribution in [0.15, 0.2) is 33.5 Å². The Balaban J connectivity index is 4.40. The Morgan fingerprint density at radius 1 is 1.35 bits per heavy atom. The Hall–Kier alpha value is -1.04. The topological polar surface area (TPSA) is 43.1 Å². The maximum atomic E-state index is 10.6. The Kier molecular flexibility index (Phi) is 9.52. The first-order chi connectivity index (χ1) is 8.10. The van der Waals surface area contributed by atoms with Gasteiger partial charge in [0.05, 0.1) is 0 Å². The van der Waals surface area contributed by atoms with Gasteiger partial charge in [-0.05, 0) is 34.4 Å². The van der Waals surface area contributed by atoms with Crippen molar-refractivity contribution in [3.05, 3.63) is 38.7 Å². The van der Waals surface area contributed by atoms with Crippen molar-refractivity contribution in [3.63, 3.8) is 0 Å². The molecule has 0 radical (unpaired) electrons. The molecule has 17 heavy (non-hydrogen) atoms. The lowest BCUT2D eigenvalue weighted by Gasteiger charge is -1.94. The van der Waals surface area contributed by atoms with Gasteiger partial charge in [-0.1, -0.05) is 44.5 Å². The molecule has 0 aliphatic carbocycles. The van der Waals surface area contributed by atoms with Gasteiger partial charge in [-0.25, -0.2) is 4.79 Å². The van der Waals surface area contributed by atoms with E-state index in [1.807, 2.05) is 19.9 Å². The van der Waals surface area contributed by atoms with Crippen molar-refractivity contribution in [2.75, 3.05) is 0 Å². The van der Waals surface area contributed by atoms with Gasteiger partial charge in [-0.3, -0.25) is 0 Å². The van der Waals surface area contributed by atoms with E-state index < -0.39 is 0 Å². The van der Waals surface area contributed by atoms with Gasteiger partial charge in [-0.2, -0.15) is 0 Å². The minimum absolute atomic E-state index is 0.0122. The smallest absolute Gasteiger partial charge is 0.385 e. The van der Waals surface area contributed by atoms with Crippen LogP contribution in [-0.2, 0) is 4.79 Å². The van der Waals surface area contributed by atoms with Crippen LogP contribution in [0.25, 0.3) is 0 Å². The van der Waals surface area contributed by atoms with Crippen molar-refractivity contribution in [3.8, 4) is 0 Å². The predicted molar refractivity (Wildman–Crippen MR) is 82.8 cm³/mol. The van der Waals surface area contributed by atoms with Crippen molar-refractivity contribution in [1.82, 2.24) is 0 Å². The monoisotopic (exact) mass is 347 g/mol. The molecule has 4 heteroatoms. The minimum atomic E-state index is 0.0122. The van der Waals surface area contributed by atoms with Gasteiger partial charge in [0, 0.05) is 6.42 Å². The van der Waals surface area contributed by atoms with E-state index in [9.17, 15) is 10.0 Å². The van der Waals surface area contributed by atoms with Crippen molar-refractivity contribution in [2.24, 2.45) is 0 Å². The van der Waals surface area contributed by atoms with Crippen LogP contribution < -0.4 is 0 Å². The second-order valence-corrected chi connectivity index (χ2v) is 5.48. The Morgan fingerprint density at radius 3 is 2.65 bits per heavy atom. The molecule has 0 aliphatic rings. The first-order valence-corrected chi connectivity index (χ1v) is 7.74. The number of allylic oxidation sites excluding steroid dienone is 5. The van der Waals surface area contributed by atoms with E-state index in [-0.39, 0.29) is 31.9 Å². The number of hydrogen-bond acceptors (Lipinski definition) is 2. The molecular weight excluding hydrogens is 329 g/mol. The lowest BCUT2D eigenvalue weighted by Crippen LogP contribution is -1.99. The molecule has 0 aromatic heterocycles. The van der Waals surface area contributed by atoms with Gasteiger partial charge < -0.3 is 5.21 Å². The SMILES string of the molecule is C/C=C/I=C/C(C)=C/C(C)=C/C/C=[N+](\[O-])C=O. The summed E-state index contributed by atoms with van der Waals surface area (Å²) in [6, 6.07) is 0. The summed E-state index contributed by atoms with van der Waals surface area (Å²) in [5, 5.41) is 10.6. The van der Waals surface area contributed by atoms with Crippen molar-refractivity contribution < 1.29 is 9.53 Å². The highest BCUT2D eigenvalue weighted by atomic mass is 127. The fourth-order valence-corrected chi connectivity index (χ4v) is 2.41. The highest BCUT2D eigenvalue weighted by molar-refractivity contribution is 14.2. The fourth-order valence-electron chi connectivity index (χ4n) is 1.04. The van der Waals surface area contributed by atoms with Gasteiger partial charge in [0.25, 0.3) is 0 Å². The van der Waals surface area contributed by atoms with Gasteiger partial charge in [0.2, 0.25) is 0 Å². The number of nitrogens with zero attached hydrogens (tertiary/aromatic N) is 1. The number of hydroxylamine groups is 1. The maximum absolute atomic E-state index is 10.6. The zero-order valence-electron chi connectivity index (χ0n) is 10.4. The third-order valence-corrected chi connectivity index (χ3v) is 4.19. The second kappa shape index (κ2) is 10.1. The molecule has 0 N–H and O–H groups in total. The molecule has 1 amide bonds. The van der Waals surface area contributed by atoms with E-state index in [1.54, 1.807) is 0 Å². The average molecular weight is 347 g/mol. The molecule has 0 aromatic carbocycles. The number of amides is 1. The molecule has 0 unspecified atom stereocenters. The number of hydrogen-bond donors (Lipinski definition) is 0. The minimum Gasteiger partial charge on any atom is -0.617 e. The Labute approximate surface area is 113 Å². The molecule has 0 heterocycles. The van der Waals surface area contributed by atoms with Crippen LogP contribution in [0, 0.1) is 5.21 Å². The molecule has 0 fully saturated rings. The molecule has 0 saturated heterocycles. The van der Waals surface area contributed by atoms with Gasteiger partial charge in [0.1, 0.15) is 0 Å². The molecule has 0 spiro atoms. The van der Waals surface area contributed by atoms with Gasteiger partial charge in [-0.15, -0.1) is 4.74 Å². The summed E-state index contributed by atoms with van der Waals surface area (Å²) in [4.78, 5) is 10.0. The number of carbonyl (C=O) groups is 1. The first kappa shape index (κ1) is 16.0. The van der Waals surface area contributed by atoms with Gasteiger partial charge in [0.15, 0.2) is 6.21 Å². The summed E-state index contributed by atoms with van der Waals surface area (Å²) in [6.45, 7) is 6.07. The lowest BCUT2D eigenvalue weighted by molar-refractivity contribution is -0.359. The van der Waals surface area contributed by atoms with E-state index in [0.29, 0.717) is 6.42 Å². The Bertz CT molecular complexity index is 390. The fraction of sp³-hybridized carbons (Fsp3) is 0.308. The maximum Gasteiger partial charge on any atom is 0.385 e. The summed E-state index contributed by atoms with van der Waals surface area (Å²) < 4.78 is 4.72. The van der Waals surface area contributed by atoms with Crippen LogP contribution >= 0.6 is 20.7 Å². The van der Waals surface area contributed by atoms with E-state index in [0.717, 1.165) is 5.57 Å². The quantitative estimate of drug-likeness (QED) is 0.141. The molecule has 0 bridgehead atoms. The zero-order valence-corrected chi connectivity index (χ0v) is 12.5. The highest BCUT2D eigenvalue weighted by Crippen LogP contribution is 2.05. The number of carbonyl (C=O) groups excluding carboxylic acids is 1. The first-order valence-electron chi connectivity index (χ1n) is 5.25. The molecule has 0 aromatic rings. The molecule has 0 aliphatic heterocycles. The van der Waals surface area contributed by atoms with Crippen molar-refractivity contribution in [2.45, 2.75) is 27.2 Å². The van der Waals surface area contributed by atoms with Crippen LogP contribution in [0.2, 0.25) is 0 Å². The van der Waals surface area contributed by atoms with Gasteiger partial charge >= 0.3 is 6.41 Å². The number of rotatable bonds is 6. The molecule has 94 valence electrons. The molecular formula is C13H18INO2. The molecule has 0 rings (SSSR count). The third kappa shape index (κ3) is 9.86. The predicted octanol–water partition coefficient (Wildman–Crippen LogP) is 3.31.